The Morgan fingerprint density at radius 1 is 0.277 bits per heavy atom. The number of hydrogen-bond donors (Lipinski definition) is 0. The largest absolute Gasteiger partial charge is 0.310 e. The van der Waals surface area contributed by atoms with E-state index in [2.05, 4.69) is 233 Å². The molecule has 0 spiro atoms. The first-order valence-electron chi connectivity index (χ1n) is 24.4. The molecule has 0 saturated carbocycles. The number of para-hydroxylation sites is 4. The van der Waals surface area contributed by atoms with E-state index < -0.39 is 0 Å². The molecular weight excluding hydrogens is 785 g/mol. The number of hydrogen-bond acceptors (Lipinski definition) is 2. The molecule has 0 bridgehead atoms. The van der Waals surface area contributed by atoms with Crippen molar-refractivity contribution in [2.45, 2.75) is 96.3 Å². The molecule has 0 heterocycles. The first-order valence-corrected chi connectivity index (χ1v) is 24.4. The van der Waals surface area contributed by atoms with Gasteiger partial charge in [-0.15, -0.1) is 0 Å². The van der Waals surface area contributed by atoms with E-state index >= 15 is 0 Å². The highest BCUT2D eigenvalue weighted by Gasteiger charge is 2.56. The standard InChI is InChI=1S/C63H60N2/c1-7-61(8-2)52-36-26-25-35-49(52)55-58(61)56-50-39-37-47(64(43-27-17-13-18-28-43)44-29-19-14-20-30-44)41-53(50)63(11-5,12-6)60(56)57-51-40-38-48(42-54(51)62(9-3,10-4)59(55)57)65(45-31-21-15-22-32-45)46-33-23-16-24-34-46/h13-42H,7-12H2,1-6H3. The van der Waals surface area contributed by atoms with E-state index in [0.29, 0.717) is 0 Å². The zero-order valence-corrected chi connectivity index (χ0v) is 39.0. The molecule has 11 rings (SSSR count). The molecule has 0 unspecified atom stereocenters. The number of fused-ring (bicyclic) bond motifs is 12. The van der Waals surface area contributed by atoms with Gasteiger partial charge in [-0.2, -0.15) is 0 Å². The van der Waals surface area contributed by atoms with Gasteiger partial charge in [0.15, 0.2) is 0 Å². The summed E-state index contributed by atoms with van der Waals surface area (Å²) in [5.74, 6) is 0. The minimum absolute atomic E-state index is 0.108. The van der Waals surface area contributed by atoms with Crippen LogP contribution < -0.4 is 9.80 Å². The van der Waals surface area contributed by atoms with Crippen LogP contribution in [0.15, 0.2) is 182 Å². The first kappa shape index (κ1) is 41.1. The van der Waals surface area contributed by atoms with E-state index in [1.807, 2.05) is 0 Å². The lowest BCUT2D eigenvalue weighted by Gasteiger charge is -2.37. The highest BCUT2D eigenvalue weighted by Crippen LogP contribution is 2.70. The van der Waals surface area contributed by atoms with Crippen molar-refractivity contribution < 1.29 is 0 Å². The summed E-state index contributed by atoms with van der Waals surface area (Å²) in [6.07, 6.45) is 6.18. The molecule has 3 aliphatic carbocycles. The molecule has 3 aliphatic rings. The van der Waals surface area contributed by atoms with Gasteiger partial charge in [0.25, 0.3) is 0 Å². The van der Waals surface area contributed by atoms with E-state index in [9.17, 15) is 0 Å². The van der Waals surface area contributed by atoms with Crippen LogP contribution in [0, 0.1) is 0 Å². The topological polar surface area (TPSA) is 6.48 Å². The third-order valence-electron chi connectivity index (χ3n) is 16.4. The van der Waals surface area contributed by atoms with Crippen LogP contribution in [0.5, 0.6) is 0 Å². The van der Waals surface area contributed by atoms with Gasteiger partial charge >= 0.3 is 0 Å². The lowest BCUT2D eigenvalue weighted by atomic mass is 9.65. The van der Waals surface area contributed by atoms with E-state index in [1.165, 1.54) is 84.2 Å². The molecule has 0 atom stereocenters. The van der Waals surface area contributed by atoms with Crippen molar-refractivity contribution in [3.05, 3.63) is 215 Å². The molecule has 0 fully saturated rings. The zero-order chi connectivity index (χ0) is 44.5. The van der Waals surface area contributed by atoms with Gasteiger partial charge in [-0.05, 0) is 178 Å². The average Bonchev–Trinajstić information content (AvgIpc) is 3.95. The molecule has 2 nitrogen and oxygen atoms in total. The Balaban J connectivity index is 1.25. The fraction of sp³-hybridized carbons (Fsp3) is 0.238. The molecule has 0 N–H and O–H groups in total. The highest BCUT2D eigenvalue weighted by molar-refractivity contribution is 6.06. The van der Waals surface area contributed by atoms with Crippen LogP contribution in [0.3, 0.4) is 0 Å². The molecule has 0 aromatic heterocycles. The van der Waals surface area contributed by atoms with Gasteiger partial charge in [0.05, 0.1) is 0 Å². The van der Waals surface area contributed by atoms with E-state index in [0.717, 1.165) is 38.5 Å². The third kappa shape index (κ3) is 5.65. The Labute approximate surface area is 387 Å². The van der Waals surface area contributed by atoms with Crippen LogP contribution in [0.25, 0.3) is 33.4 Å². The predicted molar refractivity (Wildman–Crippen MR) is 276 cm³/mol. The average molecular weight is 845 g/mol. The van der Waals surface area contributed by atoms with Crippen molar-refractivity contribution in [3.63, 3.8) is 0 Å². The summed E-state index contributed by atoms with van der Waals surface area (Å²) in [5, 5.41) is 0. The van der Waals surface area contributed by atoms with E-state index in [-0.39, 0.29) is 16.2 Å². The van der Waals surface area contributed by atoms with Crippen LogP contribution >= 0.6 is 0 Å². The maximum atomic E-state index is 2.59. The molecule has 322 valence electrons. The molecule has 0 saturated heterocycles. The SMILES string of the molecule is CCC1(CC)c2ccccc2-c2c1c1c(c3c2C(CC)(CC)c2cc(N(c4ccccc4)c4ccccc4)ccc2-3)C(CC)(CC)c2cc(N(c3ccccc3)c3ccccc3)ccc2-1. The fourth-order valence-electron chi connectivity index (χ4n) is 13.2. The minimum atomic E-state index is -0.200. The monoisotopic (exact) mass is 844 g/mol. The number of nitrogens with zero attached hydrogens (tertiary/aromatic N) is 2. The van der Waals surface area contributed by atoms with Crippen LogP contribution in [0.2, 0.25) is 0 Å². The Morgan fingerprint density at radius 2 is 0.554 bits per heavy atom. The van der Waals surface area contributed by atoms with Crippen LogP contribution in [0.4, 0.5) is 34.1 Å². The smallest absolute Gasteiger partial charge is 0.0465 e. The summed E-state index contributed by atoms with van der Waals surface area (Å²) in [6, 6.07) is 68.3. The summed E-state index contributed by atoms with van der Waals surface area (Å²) < 4.78 is 0. The minimum Gasteiger partial charge on any atom is -0.310 e. The van der Waals surface area contributed by atoms with Gasteiger partial charge in [0.1, 0.15) is 0 Å². The van der Waals surface area contributed by atoms with Crippen molar-refractivity contribution in [2.24, 2.45) is 0 Å². The zero-order valence-electron chi connectivity index (χ0n) is 39.0. The first-order chi connectivity index (χ1) is 31.9. The molecule has 8 aromatic carbocycles. The molecular formula is C63H60N2. The number of rotatable bonds is 12. The van der Waals surface area contributed by atoms with Crippen LogP contribution in [0.1, 0.15) is 113 Å². The molecule has 2 heteroatoms. The van der Waals surface area contributed by atoms with E-state index in [1.54, 1.807) is 16.7 Å². The number of benzene rings is 8. The second-order valence-corrected chi connectivity index (χ2v) is 18.6. The molecule has 0 aliphatic heterocycles. The Kier molecular flexibility index (Phi) is 9.99. The Morgan fingerprint density at radius 3 is 0.877 bits per heavy atom. The second-order valence-electron chi connectivity index (χ2n) is 18.6. The van der Waals surface area contributed by atoms with Crippen molar-refractivity contribution >= 4 is 34.1 Å². The van der Waals surface area contributed by atoms with Gasteiger partial charge in [0.2, 0.25) is 0 Å². The van der Waals surface area contributed by atoms with Crippen molar-refractivity contribution in [2.75, 3.05) is 9.80 Å². The number of anilines is 6. The van der Waals surface area contributed by atoms with Gasteiger partial charge < -0.3 is 9.80 Å². The van der Waals surface area contributed by atoms with Crippen LogP contribution in [-0.2, 0) is 16.2 Å². The van der Waals surface area contributed by atoms with Gasteiger partial charge in [-0.25, -0.2) is 0 Å². The summed E-state index contributed by atoms with van der Waals surface area (Å²) >= 11 is 0. The summed E-state index contributed by atoms with van der Waals surface area (Å²) in [6.45, 7) is 14.8. The normalized spacial score (nSPS) is 15.0. The second kappa shape index (κ2) is 15.8. The highest BCUT2D eigenvalue weighted by atomic mass is 15.1. The molecule has 65 heavy (non-hydrogen) atoms. The maximum Gasteiger partial charge on any atom is 0.0465 e. The molecule has 0 amide bonds. The van der Waals surface area contributed by atoms with Gasteiger partial charge in [0, 0.05) is 50.4 Å². The van der Waals surface area contributed by atoms with Gasteiger partial charge in [-0.3, -0.25) is 0 Å². The van der Waals surface area contributed by atoms with Crippen molar-refractivity contribution in [1.29, 1.82) is 0 Å². The van der Waals surface area contributed by atoms with Crippen LogP contribution in [-0.4, -0.2) is 0 Å². The maximum absolute atomic E-state index is 2.59. The quantitative estimate of drug-likeness (QED) is 0.121. The summed E-state index contributed by atoms with van der Waals surface area (Å²) in [4.78, 5) is 4.90. The van der Waals surface area contributed by atoms with E-state index in [4.69, 9.17) is 0 Å². The lowest BCUT2D eigenvalue weighted by molar-refractivity contribution is 0.473. The molecule has 8 aromatic rings. The lowest BCUT2D eigenvalue weighted by Crippen LogP contribution is -2.29. The van der Waals surface area contributed by atoms with Gasteiger partial charge in [-0.1, -0.05) is 151 Å². The Hall–Kier alpha value is -6.64. The third-order valence-corrected chi connectivity index (χ3v) is 16.4. The van der Waals surface area contributed by atoms with Crippen molar-refractivity contribution in [1.82, 2.24) is 0 Å². The predicted octanol–water partition coefficient (Wildman–Crippen LogP) is 17.9. The fourth-order valence-corrected chi connectivity index (χ4v) is 13.2. The van der Waals surface area contributed by atoms with Crippen molar-refractivity contribution in [3.8, 4) is 33.4 Å². The Bertz CT molecular complexity index is 2880. The molecule has 0 radical (unpaired) electrons. The summed E-state index contributed by atoms with van der Waals surface area (Å²) in [5.41, 5.74) is 24.6. The summed E-state index contributed by atoms with van der Waals surface area (Å²) in [7, 11) is 0.